The molecule has 1 aromatic carbocycles. The minimum absolute atomic E-state index is 0.236. The van der Waals surface area contributed by atoms with Gasteiger partial charge in [0.2, 0.25) is 0 Å². The fraction of sp³-hybridized carbons (Fsp3) is 0.667. The van der Waals surface area contributed by atoms with Crippen molar-refractivity contribution in [1.82, 2.24) is 5.32 Å². The molecular weight excluding hydrogens is 246 g/mol. The monoisotopic (exact) mass is 275 g/mol. The van der Waals surface area contributed by atoms with Gasteiger partial charge in [0.05, 0.1) is 13.2 Å². The lowest BCUT2D eigenvalue weighted by Crippen LogP contribution is -2.36. The highest BCUT2D eigenvalue weighted by molar-refractivity contribution is 5.33. The third-order valence-electron chi connectivity index (χ3n) is 4.00. The fourth-order valence-corrected chi connectivity index (χ4v) is 2.63. The predicted molar refractivity (Wildman–Crippen MR) is 84.8 cm³/mol. The average Bonchev–Trinajstić information content (AvgIpc) is 2.82. The van der Waals surface area contributed by atoms with Crippen molar-refractivity contribution in [3.8, 4) is 0 Å². The van der Waals surface area contributed by atoms with Crippen LogP contribution in [0.3, 0.4) is 0 Å². The summed E-state index contributed by atoms with van der Waals surface area (Å²) in [6.07, 6.45) is 3.71. The molecule has 1 unspecified atom stereocenters. The maximum Gasteiger partial charge on any atom is 0.0725 e. The van der Waals surface area contributed by atoms with Crippen LogP contribution >= 0.6 is 0 Å². The van der Waals surface area contributed by atoms with Crippen LogP contribution in [0.1, 0.15) is 57.2 Å². The van der Waals surface area contributed by atoms with Crippen LogP contribution < -0.4 is 5.32 Å². The second-order valence-electron chi connectivity index (χ2n) is 7.21. The zero-order valence-electron chi connectivity index (χ0n) is 13.5. The summed E-state index contributed by atoms with van der Waals surface area (Å²) in [5.74, 6) is 0.773. The van der Waals surface area contributed by atoms with E-state index in [1.54, 1.807) is 0 Å². The molecule has 0 bridgehead atoms. The summed E-state index contributed by atoms with van der Waals surface area (Å²) in [4.78, 5) is 0. The molecule has 112 valence electrons. The van der Waals surface area contributed by atoms with E-state index >= 15 is 0 Å². The maximum atomic E-state index is 5.47. The zero-order valence-corrected chi connectivity index (χ0v) is 13.5. The molecule has 0 aromatic heterocycles. The summed E-state index contributed by atoms with van der Waals surface area (Å²) in [5, 5.41) is 3.57. The van der Waals surface area contributed by atoms with E-state index < -0.39 is 0 Å². The van der Waals surface area contributed by atoms with E-state index in [1.807, 2.05) is 0 Å². The molecule has 1 aliphatic heterocycles. The van der Waals surface area contributed by atoms with Crippen LogP contribution in [0.4, 0.5) is 0 Å². The number of hydrogen-bond acceptors (Lipinski definition) is 2. The van der Waals surface area contributed by atoms with Crippen molar-refractivity contribution in [2.24, 2.45) is 5.92 Å². The van der Waals surface area contributed by atoms with Gasteiger partial charge in [0.25, 0.3) is 0 Å². The SMILES string of the molecule is CC(CCNC(C)(C)C)CCc1ccc2c(c1)COC2. The molecule has 0 fully saturated rings. The van der Waals surface area contributed by atoms with Gasteiger partial charge in [-0.15, -0.1) is 0 Å². The molecule has 2 heteroatoms. The third kappa shape index (κ3) is 4.92. The third-order valence-corrected chi connectivity index (χ3v) is 4.00. The van der Waals surface area contributed by atoms with Gasteiger partial charge in [-0.2, -0.15) is 0 Å². The van der Waals surface area contributed by atoms with Gasteiger partial charge in [0.15, 0.2) is 0 Å². The van der Waals surface area contributed by atoms with Gasteiger partial charge < -0.3 is 10.1 Å². The maximum absolute atomic E-state index is 5.47. The first-order valence-corrected chi connectivity index (χ1v) is 7.87. The Morgan fingerprint density at radius 1 is 1.15 bits per heavy atom. The molecule has 0 aliphatic carbocycles. The Balaban J connectivity index is 1.72. The molecule has 1 aliphatic rings. The summed E-state index contributed by atoms with van der Waals surface area (Å²) < 4.78 is 5.47. The quantitative estimate of drug-likeness (QED) is 0.845. The van der Waals surface area contributed by atoms with Crippen molar-refractivity contribution in [1.29, 1.82) is 0 Å². The van der Waals surface area contributed by atoms with Crippen molar-refractivity contribution in [2.45, 2.75) is 65.7 Å². The molecule has 20 heavy (non-hydrogen) atoms. The topological polar surface area (TPSA) is 21.3 Å². The predicted octanol–water partition coefficient (Wildman–Crippen LogP) is 4.06. The Kier molecular flexibility index (Phi) is 5.22. The van der Waals surface area contributed by atoms with E-state index in [9.17, 15) is 0 Å². The molecule has 1 aromatic rings. The zero-order chi connectivity index (χ0) is 14.6. The first kappa shape index (κ1) is 15.5. The van der Waals surface area contributed by atoms with Crippen LogP contribution in [0.15, 0.2) is 18.2 Å². The first-order chi connectivity index (χ1) is 9.44. The van der Waals surface area contributed by atoms with Crippen LogP contribution in [0, 0.1) is 5.92 Å². The lowest BCUT2D eigenvalue weighted by atomic mass is 9.96. The van der Waals surface area contributed by atoms with E-state index in [0.717, 1.165) is 25.7 Å². The summed E-state index contributed by atoms with van der Waals surface area (Å²) in [5.41, 5.74) is 4.46. The van der Waals surface area contributed by atoms with Crippen molar-refractivity contribution in [3.05, 3.63) is 34.9 Å². The second-order valence-corrected chi connectivity index (χ2v) is 7.21. The molecular formula is C18H29NO. The van der Waals surface area contributed by atoms with Gasteiger partial charge >= 0.3 is 0 Å². The molecule has 0 amide bonds. The number of fused-ring (bicyclic) bond motifs is 1. The molecule has 0 spiro atoms. The van der Waals surface area contributed by atoms with Gasteiger partial charge in [0, 0.05) is 5.54 Å². The number of hydrogen-bond donors (Lipinski definition) is 1. The molecule has 0 saturated carbocycles. The highest BCUT2D eigenvalue weighted by Gasteiger charge is 2.12. The van der Waals surface area contributed by atoms with Gasteiger partial charge in [0.1, 0.15) is 0 Å². The summed E-state index contributed by atoms with van der Waals surface area (Å²) in [6.45, 7) is 11.8. The van der Waals surface area contributed by atoms with Crippen LogP contribution in [0.5, 0.6) is 0 Å². The van der Waals surface area contributed by atoms with Crippen LogP contribution in [0.2, 0.25) is 0 Å². The largest absolute Gasteiger partial charge is 0.372 e. The molecule has 1 N–H and O–H groups in total. The Bertz CT molecular complexity index is 434. The number of nitrogens with one attached hydrogen (secondary N) is 1. The Morgan fingerprint density at radius 2 is 1.90 bits per heavy atom. The van der Waals surface area contributed by atoms with Gasteiger partial charge in [-0.3, -0.25) is 0 Å². The van der Waals surface area contributed by atoms with E-state index in [2.05, 4.69) is 51.2 Å². The van der Waals surface area contributed by atoms with Crippen molar-refractivity contribution in [2.75, 3.05) is 6.54 Å². The average molecular weight is 275 g/mol. The minimum atomic E-state index is 0.236. The summed E-state index contributed by atoms with van der Waals surface area (Å²) in [6, 6.07) is 6.85. The lowest BCUT2D eigenvalue weighted by molar-refractivity contribution is 0.134. The molecule has 2 rings (SSSR count). The standard InChI is InChI=1S/C18H29NO/c1-14(9-10-19-18(2,3)4)5-6-15-7-8-16-12-20-13-17(16)11-15/h7-8,11,14,19H,5-6,9-10,12-13H2,1-4H3. The van der Waals surface area contributed by atoms with E-state index in [-0.39, 0.29) is 5.54 Å². The van der Waals surface area contributed by atoms with E-state index in [4.69, 9.17) is 4.74 Å². The van der Waals surface area contributed by atoms with Crippen LogP contribution in [-0.4, -0.2) is 12.1 Å². The number of aryl methyl sites for hydroxylation is 1. The normalized spacial score (nSPS) is 16.2. The van der Waals surface area contributed by atoms with E-state index in [0.29, 0.717) is 0 Å². The fourth-order valence-electron chi connectivity index (χ4n) is 2.63. The highest BCUT2D eigenvalue weighted by Crippen LogP contribution is 2.22. The molecule has 1 heterocycles. The van der Waals surface area contributed by atoms with E-state index in [1.165, 1.54) is 36.0 Å². The summed E-state index contributed by atoms with van der Waals surface area (Å²) >= 11 is 0. The Morgan fingerprint density at radius 3 is 2.65 bits per heavy atom. The molecule has 0 radical (unpaired) electrons. The number of ether oxygens (including phenoxy) is 1. The minimum Gasteiger partial charge on any atom is -0.372 e. The smallest absolute Gasteiger partial charge is 0.0725 e. The van der Waals surface area contributed by atoms with Crippen molar-refractivity contribution >= 4 is 0 Å². The van der Waals surface area contributed by atoms with Crippen molar-refractivity contribution < 1.29 is 4.74 Å². The van der Waals surface area contributed by atoms with Gasteiger partial charge in [-0.25, -0.2) is 0 Å². The lowest BCUT2D eigenvalue weighted by Gasteiger charge is -2.22. The van der Waals surface area contributed by atoms with Crippen LogP contribution in [0.25, 0.3) is 0 Å². The molecule has 2 nitrogen and oxygen atoms in total. The highest BCUT2D eigenvalue weighted by atomic mass is 16.5. The van der Waals surface area contributed by atoms with Crippen LogP contribution in [-0.2, 0) is 24.4 Å². The van der Waals surface area contributed by atoms with Gasteiger partial charge in [-0.05, 0) is 69.2 Å². The Labute approximate surface area is 123 Å². The first-order valence-electron chi connectivity index (χ1n) is 7.87. The number of benzene rings is 1. The molecule has 0 saturated heterocycles. The summed E-state index contributed by atoms with van der Waals surface area (Å²) in [7, 11) is 0. The Hall–Kier alpha value is -0.860. The van der Waals surface area contributed by atoms with Gasteiger partial charge in [-0.1, -0.05) is 25.1 Å². The molecule has 1 atom stereocenters. The van der Waals surface area contributed by atoms with Crippen molar-refractivity contribution in [3.63, 3.8) is 0 Å². The second kappa shape index (κ2) is 6.73. The number of rotatable bonds is 6.